The SMILES string of the molecule is OC[C@]12CO[C@H](O1)[C@@H](O)[C@H](O)[C@@H]2O. The maximum atomic E-state index is 9.51. The van der Waals surface area contributed by atoms with Crippen molar-refractivity contribution >= 4 is 0 Å². The second-order valence-corrected chi connectivity index (χ2v) is 3.45. The molecule has 0 aromatic rings. The van der Waals surface area contributed by atoms with Crippen molar-refractivity contribution in [2.24, 2.45) is 0 Å². The zero-order valence-electron chi connectivity index (χ0n) is 6.83. The predicted octanol–water partition coefficient (Wildman–Crippen LogP) is -2.81. The summed E-state index contributed by atoms with van der Waals surface area (Å²) in [6, 6.07) is 0. The summed E-state index contributed by atoms with van der Waals surface area (Å²) >= 11 is 0. The smallest absolute Gasteiger partial charge is 0.187 e. The summed E-state index contributed by atoms with van der Waals surface area (Å²) in [6.45, 7) is -0.474. The summed E-state index contributed by atoms with van der Waals surface area (Å²) in [4.78, 5) is 0. The monoisotopic (exact) mass is 192 g/mol. The molecule has 2 heterocycles. The molecule has 2 rings (SSSR count). The lowest BCUT2D eigenvalue weighted by Crippen LogP contribution is -2.62. The minimum Gasteiger partial charge on any atom is -0.393 e. The summed E-state index contributed by atoms with van der Waals surface area (Å²) in [7, 11) is 0. The number of hydrogen-bond acceptors (Lipinski definition) is 6. The largest absolute Gasteiger partial charge is 0.393 e. The lowest BCUT2D eigenvalue weighted by Gasteiger charge is -2.39. The van der Waals surface area contributed by atoms with Gasteiger partial charge in [0.05, 0.1) is 13.2 Å². The van der Waals surface area contributed by atoms with Crippen LogP contribution in [-0.4, -0.2) is 63.8 Å². The molecule has 0 aromatic carbocycles. The Morgan fingerprint density at radius 2 is 1.92 bits per heavy atom. The molecule has 13 heavy (non-hydrogen) atoms. The Labute approximate surface area is 74.3 Å². The van der Waals surface area contributed by atoms with Gasteiger partial charge in [-0.2, -0.15) is 0 Å². The van der Waals surface area contributed by atoms with Gasteiger partial charge in [-0.15, -0.1) is 0 Å². The van der Waals surface area contributed by atoms with Crippen LogP contribution in [-0.2, 0) is 9.47 Å². The van der Waals surface area contributed by atoms with E-state index >= 15 is 0 Å². The first-order valence-electron chi connectivity index (χ1n) is 4.05. The number of fused-ring (bicyclic) bond motifs is 2. The first-order chi connectivity index (χ1) is 6.10. The van der Waals surface area contributed by atoms with E-state index in [-0.39, 0.29) is 6.61 Å². The summed E-state index contributed by atoms with van der Waals surface area (Å²) in [5, 5.41) is 37.2. The maximum Gasteiger partial charge on any atom is 0.187 e. The number of aliphatic hydroxyl groups excluding tert-OH is 4. The van der Waals surface area contributed by atoms with Gasteiger partial charge in [0.1, 0.15) is 23.9 Å². The highest BCUT2D eigenvalue weighted by Gasteiger charge is 2.58. The van der Waals surface area contributed by atoms with Crippen molar-refractivity contribution in [3.05, 3.63) is 0 Å². The van der Waals surface area contributed by atoms with Gasteiger partial charge in [0.25, 0.3) is 0 Å². The fourth-order valence-corrected chi connectivity index (χ4v) is 1.68. The van der Waals surface area contributed by atoms with E-state index in [1.165, 1.54) is 0 Å². The van der Waals surface area contributed by atoms with Crippen molar-refractivity contribution in [1.82, 2.24) is 0 Å². The molecule has 0 saturated carbocycles. The Balaban J connectivity index is 2.25. The Morgan fingerprint density at radius 1 is 1.23 bits per heavy atom. The molecule has 6 nitrogen and oxygen atoms in total. The van der Waals surface area contributed by atoms with E-state index in [9.17, 15) is 15.3 Å². The van der Waals surface area contributed by atoms with E-state index in [4.69, 9.17) is 14.6 Å². The lowest BCUT2D eigenvalue weighted by atomic mass is 9.90. The molecule has 2 saturated heterocycles. The summed E-state index contributed by atoms with van der Waals surface area (Å²) in [5.41, 5.74) is -1.27. The van der Waals surface area contributed by atoms with Crippen LogP contribution in [0.1, 0.15) is 0 Å². The number of hydrogen-bond donors (Lipinski definition) is 4. The molecule has 76 valence electrons. The first-order valence-corrected chi connectivity index (χ1v) is 4.05. The van der Waals surface area contributed by atoms with Crippen molar-refractivity contribution in [2.75, 3.05) is 13.2 Å². The highest BCUT2D eigenvalue weighted by atomic mass is 16.8. The van der Waals surface area contributed by atoms with Crippen molar-refractivity contribution in [3.63, 3.8) is 0 Å². The van der Waals surface area contributed by atoms with Crippen LogP contribution in [0.15, 0.2) is 0 Å². The van der Waals surface area contributed by atoms with Gasteiger partial charge in [-0.1, -0.05) is 0 Å². The topological polar surface area (TPSA) is 99.4 Å². The van der Waals surface area contributed by atoms with Crippen LogP contribution in [0.25, 0.3) is 0 Å². The standard InChI is InChI=1S/C7H12O6/c8-1-7-2-12-6(13-7)4(10)3(9)5(7)11/h3-6,8-11H,1-2H2/t3-,4-,5-,6+,7+/m0/s1. The van der Waals surface area contributed by atoms with Gasteiger partial charge in [-0.05, 0) is 0 Å². The van der Waals surface area contributed by atoms with Crippen LogP contribution in [0.4, 0.5) is 0 Å². The van der Waals surface area contributed by atoms with E-state index in [1.807, 2.05) is 0 Å². The molecular weight excluding hydrogens is 180 g/mol. The molecule has 4 N–H and O–H groups in total. The van der Waals surface area contributed by atoms with Crippen LogP contribution in [0.3, 0.4) is 0 Å². The second-order valence-electron chi connectivity index (χ2n) is 3.45. The van der Waals surface area contributed by atoms with Crippen LogP contribution in [0.2, 0.25) is 0 Å². The van der Waals surface area contributed by atoms with E-state index in [0.717, 1.165) is 0 Å². The zero-order chi connectivity index (χ0) is 9.64. The molecule has 0 aliphatic carbocycles. The normalized spacial score (nSPS) is 55.4. The third kappa shape index (κ3) is 1.11. The van der Waals surface area contributed by atoms with Crippen LogP contribution in [0.5, 0.6) is 0 Å². The summed E-state index contributed by atoms with van der Waals surface area (Å²) in [6.07, 6.45) is -4.89. The summed E-state index contributed by atoms with van der Waals surface area (Å²) in [5.74, 6) is 0. The molecule has 2 fully saturated rings. The highest BCUT2D eigenvalue weighted by Crippen LogP contribution is 2.36. The summed E-state index contributed by atoms with van der Waals surface area (Å²) < 4.78 is 10.1. The Kier molecular flexibility index (Phi) is 2.06. The number of aliphatic hydroxyl groups is 4. The Bertz CT molecular complexity index is 209. The molecule has 0 radical (unpaired) electrons. The predicted molar refractivity (Wildman–Crippen MR) is 38.7 cm³/mol. The quantitative estimate of drug-likeness (QED) is 0.358. The van der Waals surface area contributed by atoms with Gasteiger partial charge in [0.2, 0.25) is 0 Å². The van der Waals surface area contributed by atoms with Gasteiger partial charge in [-0.3, -0.25) is 0 Å². The molecule has 5 atom stereocenters. The van der Waals surface area contributed by atoms with E-state index in [0.29, 0.717) is 0 Å². The fraction of sp³-hybridized carbons (Fsp3) is 1.00. The molecular formula is C7H12O6. The van der Waals surface area contributed by atoms with E-state index < -0.39 is 36.8 Å². The van der Waals surface area contributed by atoms with Gasteiger partial charge in [-0.25, -0.2) is 0 Å². The van der Waals surface area contributed by atoms with Gasteiger partial charge < -0.3 is 29.9 Å². The second kappa shape index (κ2) is 2.88. The van der Waals surface area contributed by atoms with Crippen LogP contribution < -0.4 is 0 Å². The molecule has 0 spiro atoms. The zero-order valence-corrected chi connectivity index (χ0v) is 6.83. The molecule has 0 amide bonds. The van der Waals surface area contributed by atoms with Gasteiger partial charge in [0, 0.05) is 0 Å². The number of ether oxygens (including phenoxy) is 2. The van der Waals surface area contributed by atoms with Crippen molar-refractivity contribution in [1.29, 1.82) is 0 Å². The molecule has 2 bridgehead atoms. The van der Waals surface area contributed by atoms with E-state index in [2.05, 4.69) is 0 Å². The Hall–Kier alpha value is -0.240. The van der Waals surface area contributed by atoms with Crippen molar-refractivity contribution in [2.45, 2.75) is 30.2 Å². The molecule has 6 heteroatoms. The molecule has 0 unspecified atom stereocenters. The lowest BCUT2D eigenvalue weighted by molar-refractivity contribution is -0.265. The minimum absolute atomic E-state index is 0.0244. The average Bonchev–Trinajstić information content (AvgIpc) is 2.55. The molecule has 2 aliphatic rings. The van der Waals surface area contributed by atoms with E-state index in [1.54, 1.807) is 0 Å². The first kappa shape index (κ1) is 9.32. The maximum absolute atomic E-state index is 9.51. The van der Waals surface area contributed by atoms with Gasteiger partial charge >= 0.3 is 0 Å². The minimum atomic E-state index is -1.34. The fourth-order valence-electron chi connectivity index (χ4n) is 1.68. The van der Waals surface area contributed by atoms with Crippen molar-refractivity contribution in [3.8, 4) is 0 Å². The van der Waals surface area contributed by atoms with Crippen molar-refractivity contribution < 1.29 is 29.9 Å². The third-order valence-corrected chi connectivity index (χ3v) is 2.60. The molecule has 0 aromatic heterocycles. The highest BCUT2D eigenvalue weighted by molar-refractivity contribution is 5.03. The van der Waals surface area contributed by atoms with Crippen LogP contribution >= 0.6 is 0 Å². The van der Waals surface area contributed by atoms with Crippen LogP contribution in [0, 0.1) is 0 Å². The third-order valence-electron chi connectivity index (χ3n) is 2.60. The number of rotatable bonds is 1. The van der Waals surface area contributed by atoms with Gasteiger partial charge in [0.15, 0.2) is 6.29 Å². The molecule has 2 aliphatic heterocycles. The Morgan fingerprint density at radius 3 is 2.54 bits per heavy atom. The average molecular weight is 192 g/mol.